The number of aryl methyl sites for hydroxylation is 1. The second kappa shape index (κ2) is 13.2. The Bertz CT molecular complexity index is 894. The number of halogens is 1. The maximum Gasteiger partial charge on any atom is 0.191 e. The van der Waals surface area contributed by atoms with Gasteiger partial charge in [-0.25, -0.2) is 0 Å². The zero-order valence-electron chi connectivity index (χ0n) is 20.6. The van der Waals surface area contributed by atoms with Crippen LogP contribution in [-0.2, 0) is 11.2 Å². The number of fused-ring (bicyclic) bond motifs is 1. The van der Waals surface area contributed by atoms with Gasteiger partial charge in [0, 0.05) is 55.1 Å². The summed E-state index contributed by atoms with van der Waals surface area (Å²) in [5, 5.41) is 7.95. The van der Waals surface area contributed by atoms with Gasteiger partial charge in [0.15, 0.2) is 5.96 Å². The van der Waals surface area contributed by atoms with Gasteiger partial charge in [-0.1, -0.05) is 0 Å². The summed E-state index contributed by atoms with van der Waals surface area (Å²) >= 11 is 0. The number of nitrogens with zero attached hydrogens (tertiary/aromatic N) is 2. The third kappa shape index (κ3) is 7.13. The SMILES string of the molecule is CCNC(=NCC1(N(C)C)CCOCC1)NCCCc1cc2c(OC)cc(OC)cc2[nH]1.I. The predicted octanol–water partition coefficient (Wildman–Crippen LogP) is 3.40. The Hall–Kier alpha value is -1.72. The number of nitrogens with one attached hydrogen (secondary N) is 3. The van der Waals surface area contributed by atoms with E-state index in [1.165, 1.54) is 5.69 Å². The number of hydrogen-bond acceptors (Lipinski definition) is 5. The summed E-state index contributed by atoms with van der Waals surface area (Å²) in [5.41, 5.74) is 2.29. The van der Waals surface area contributed by atoms with E-state index in [-0.39, 0.29) is 29.5 Å². The molecule has 2 heterocycles. The van der Waals surface area contributed by atoms with Crippen molar-refractivity contribution in [1.82, 2.24) is 20.5 Å². The number of H-pyrrole nitrogens is 1. The van der Waals surface area contributed by atoms with Crippen molar-refractivity contribution in [2.45, 2.75) is 38.1 Å². The fourth-order valence-corrected chi connectivity index (χ4v) is 4.21. The Morgan fingerprint density at radius 3 is 2.55 bits per heavy atom. The van der Waals surface area contributed by atoms with Crippen LogP contribution < -0.4 is 20.1 Å². The van der Waals surface area contributed by atoms with Crippen LogP contribution in [0.15, 0.2) is 23.2 Å². The molecule has 3 N–H and O–H groups in total. The van der Waals surface area contributed by atoms with Crippen molar-refractivity contribution in [3.63, 3.8) is 0 Å². The summed E-state index contributed by atoms with van der Waals surface area (Å²) < 4.78 is 16.5. The van der Waals surface area contributed by atoms with E-state index in [1.54, 1.807) is 14.2 Å². The number of aromatic amines is 1. The average molecular weight is 574 g/mol. The van der Waals surface area contributed by atoms with Crippen molar-refractivity contribution in [2.24, 2.45) is 4.99 Å². The maximum atomic E-state index is 5.58. The molecule has 1 aromatic carbocycles. The second-order valence-corrected chi connectivity index (χ2v) is 8.54. The van der Waals surface area contributed by atoms with Gasteiger partial charge >= 0.3 is 0 Å². The Morgan fingerprint density at radius 2 is 1.91 bits per heavy atom. The zero-order valence-corrected chi connectivity index (χ0v) is 23.0. The Kier molecular flexibility index (Phi) is 11.0. The van der Waals surface area contributed by atoms with Crippen molar-refractivity contribution in [3.8, 4) is 11.5 Å². The number of ether oxygens (including phenoxy) is 3. The molecule has 186 valence electrons. The molecular weight excluding hydrogens is 533 g/mol. The highest BCUT2D eigenvalue weighted by molar-refractivity contribution is 14.0. The standard InChI is InChI=1S/C24H39N5O3.HI/c1-6-25-23(27-17-24(29(2)3)9-12-32-13-10-24)26-11-7-8-18-14-20-21(28-18)15-19(30-4)16-22(20)31-5;/h14-16,28H,6-13,17H2,1-5H3,(H2,25,26,27);1H. The first-order chi connectivity index (χ1) is 15.5. The number of benzene rings is 1. The molecule has 33 heavy (non-hydrogen) atoms. The van der Waals surface area contributed by atoms with Crippen LogP contribution in [0.5, 0.6) is 11.5 Å². The molecular formula is C24H40IN5O3. The third-order valence-corrected chi connectivity index (χ3v) is 6.35. The Labute approximate surface area is 214 Å². The summed E-state index contributed by atoms with van der Waals surface area (Å²) in [6.45, 7) is 6.16. The quantitative estimate of drug-likeness (QED) is 0.175. The maximum absolute atomic E-state index is 5.58. The van der Waals surface area contributed by atoms with E-state index in [2.05, 4.69) is 47.6 Å². The van der Waals surface area contributed by atoms with Gasteiger partial charge < -0.3 is 34.7 Å². The smallest absolute Gasteiger partial charge is 0.191 e. The lowest BCUT2D eigenvalue weighted by Gasteiger charge is -2.41. The van der Waals surface area contributed by atoms with Crippen molar-refractivity contribution in [2.75, 3.05) is 61.2 Å². The summed E-state index contributed by atoms with van der Waals surface area (Å²) in [6.07, 6.45) is 3.95. The van der Waals surface area contributed by atoms with Crippen LogP contribution in [0.2, 0.25) is 0 Å². The molecule has 0 saturated carbocycles. The van der Waals surface area contributed by atoms with Gasteiger partial charge in [-0.15, -0.1) is 24.0 Å². The van der Waals surface area contributed by atoms with Crippen molar-refractivity contribution in [1.29, 1.82) is 0 Å². The number of guanidine groups is 1. The minimum Gasteiger partial charge on any atom is -0.497 e. The predicted molar refractivity (Wildman–Crippen MR) is 146 cm³/mol. The molecule has 9 heteroatoms. The highest BCUT2D eigenvalue weighted by atomic mass is 127. The molecule has 1 fully saturated rings. The molecule has 1 aromatic heterocycles. The number of rotatable bonds is 10. The van der Waals surface area contributed by atoms with Gasteiger partial charge in [0.1, 0.15) is 11.5 Å². The topological polar surface area (TPSA) is 83.1 Å². The van der Waals surface area contributed by atoms with Gasteiger partial charge in [0.05, 0.1) is 26.3 Å². The van der Waals surface area contributed by atoms with Crippen molar-refractivity contribution in [3.05, 3.63) is 23.9 Å². The number of hydrogen-bond donors (Lipinski definition) is 3. The number of likely N-dealkylation sites (N-methyl/N-ethyl adjacent to an activating group) is 1. The molecule has 0 unspecified atom stereocenters. The first kappa shape index (κ1) is 27.5. The molecule has 0 radical (unpaired) electrons. The molecule has 3 rings (SSSR count). The fourth-order valence-electron chi connectivity index (χ4n) is 4.21. The molecule has 0 atom stereocenters. The number of aromatic nitrogens is 1. The Morgan fingerprint density at radius 1 is 1.15 bits per heavy atom. The molecule has 1 aliphatic rings. The highest BCUT2D eigenvalue weighted by Gasteiger charge is 2.34. The van der Waals surface area contributed by atoms with Crippen LogP contribution in [0, 0.1) is 0 Å². The van der Waals surface area contributed by atoms with Crippen LogP contribution in [-0.4, -0.2) is 82.5 Å². The monoisotopic (exact) mass is 573 g/mol. The fraction of sp³-hybridized carbons (Fsp3) is 0.625. The first-order valence-corrected chi connectivity index (χ1v) is 11.5. The third-order valence-electron chi connectivity index (χ3n) is 6.35. The summed E-state index contributed by atoms with van der Waals surface area (Å²) in [6, 6.07) is 6.09. The lowest BCUT2D eigenvalue weighted by Crippen LogP contribution is -2.51. The zero-order chi connectivity index (χ0) is 23.0. The van der Waals surface area contributed by atoms with E-state index in [0.717, 1.165) is 86.9 Å². The molecule has 2 aromatic rings. The minimum atomic E-state index is 0. The highest BCUT2D eigenvalue weighted by Crippen LogP contribution is 2.31. The van der Waals surface area contributed by atoms with Crippen LogP contribution in [0.4, 0.5) is 0 Å². The largest absolute Gasteiger partial charge is 0.497 e. The van der Waals surface area contributed by atoms with E-state index in [4.69, 9.17) is 19.2 Å². The summed E-state index contributed by atoms with van der Waals surface area (Å²) in [5.74, 6) is 2.49. The van der Waals surface area contributed by atoms with Crippen LogP contribution >= 0.6 is 24.0 Å². The first-order valence-electron chi connectivity index (χ1n) is 11.5. The van der Waals surface area contributed by atoms with Gasteiger partial charge in [-0.3, -0.25) is 4.99 Å². The number of methoxy groups -OCH3 is 2. The van der Waals surface area contributed by atoms with E-state index in [0.29, 0.717) is 0 Å². The molecule has 0 bridgehead atoms. The van der Waals surface area contributed by atoms with Crippen LogP contribution in [0.3, 0.4) is 0 Å². The molecule has 1 saturated heterocycles. The van der Waals surface area contributed by atoms with Crippen molar-refractivity contribution < 1.29 is 14.2 Å². The second-order valence-electron chi connectivity index (χ2n) is 8.54. The van der Waals surface area contributed by atoms with Crippen LogP contribution in [0.1, 0.15) is 31.9 Å². The molecule has 8 nitrogen and oxygen atoms in total. The van der Waals surface area contributed by atoms with Crippen LogP contribution in [0.25, 0.3) is 10.9 Å². The molecule has 0 spiro atoms. The normalized spacial score (nSPS) is 15.9. The van der Waals surface area contributed by atoms with E-state index in [1.807, 2.05) is 12.1 Å². The van der Waals surface area contributed by atoms with Crippen molar-refractivity contribution >= 4 is 40.8 Å². The Balaban J connectivity index is 0.00000385. The van der Waals surface area contributed by atoms with Gasteiger partial charge in [-0.05, 0) is 52.8 Å². The van der Waals surface area contributed by atoms with E-state index >= 15 is 0 Å². The molecule has 0 amide bonds. The van der Waals surface area contributed by atoms with E-state index in [9.17, 15) is 0 Å². The van der Waals surface area contributed by atoms with E-state index < -0.39 is 0 Å². The lowest BCUT2D eigenvalue weighted by molar-refractivity contribution is -0.00254. The van der Waals surface area contributed by atoms with Gasteiger partial charge in [0.25, 0.3) is 0 Å². The van der Waals surface area contributed by atoms with Gasteiger partial charge in [-0.2, -0.15) is 0 Å². The number of aliphatic imine (C=N–C) groups is 1. The summed E-state index contributed by atoms with van der Waals surface area (Å²) in [4.78, 5) is 10.7. The molecule has 0 aliphatic carbocycles. The molecule has 1 aliphatic heterocycles. The lowest BCUT2D eigenvalue weighted by atomic mass is 9.89. The average Bonchev–Trinajstić information content (AvgIpc) is 3.22. The minimum absolute atomic E-state index is 0. The summed E-state index contributed by atoms with van der Waals surface area (Å²) in [7, 11) is 7.65. The van der Waals surface area contributed by atoms with Gasteiger partial charge in [0.2, 0.25) is 0 Å².